The highest BCUT2D eigenvalue weighted by Crippen LogP contribution is 2.26. The lowest BCUT2D eigenvalue weighted by Gasteiger charge is -2.25. The predicted octanol–water partition coefficient (Wildman–Crippen LogP) is 1.49. The molecule has 1 aromatic carbocycles. The molecule has 0 saturated carbocycles. The smallest absolute Gasteiger partial charge is 0.326 e. The fraction of sp³-hybridized carbons (Fsp3) is 0.467. The van der Waals surface area contributed by atoms with E-state index in [2.05, 4.69) is 0 Å². The summed E-state index contributed by atoms with van der Waals surface area (Å²) in [5.41, 5.74) is 0.891. The van der Waals surface area contributed by atoms with Crippen molar-refractivity contribution in [3.8, 4) is 0 Å². The highest BCUT2D eigenvalue weighted by atomic mass is 16.5. The third kappa shape index (κ3) is 2.82. The highest BCUT2D eigenvalue weighted by Gasteiger charge is 2.41. The number of hydrogen-bond donors (Lipinski definition) is 1. The predicted molar refractivity (Wildman–Crippen MR) is 73.4 cm³/mol. The fourth-order valence-corrected chi connectivity index (χ4v) is 2.58. The van der Waals surface area contributed by atoms with E-state index in [-0.39, 0.29) is 17.9 Å². The zero-order valence-corrected chi connectivity index (χ0v) is 11.7. The van der Waals surface area contributed by atoms with Crippen molar-refractivity contribution in [1.82, 2.24) is 4.90 Å². The molecule has 1 aromatic rings. The first-order chi connectivity index (χ1) is 9.54. The van der Waals surface area contributed by atoms with Crippen LogP contribution in [0.3, 0.4) is 0 Å². The molecule has 1 N–H and O–H groups in total. The lowest BCUT2D eigenvalue weighted by molar-refractivity contribution is -0.148. The summed E-state index contributed by atoms with van der Waals surface area (Å²) in [5.74, 6) is -1.49. The Bertz CT molecular complexity index is 488. The van der Waals surface area contributed by atoms with Gasteiger partial charge in [-0.15, -0.1) is 0 Å². The van der Waals surface area contributed by atoms with Crippen molar-refractivity contribution >= 4 is 11.9 Å². The van der Waals surface area contributed by atoms with E-state index in [0.717, 1.165) is 5.56 Å². The van der Waals surface area contributed by atoms with Crippen LogP contribution in [0.1, 0.15) is 24.8 Å². The minimum absolute atomic E-state index is 0.164. The first-order valence-corrected chi connectivity index (χ1v) is 6.65. The zero-order chi connectivity index (χ0) is 14.7. The molecular formula is C15H19NO4. The first-order valence-electron chi connectivity index (χ1n) is 6.65. The number of carboxylic acids is 1. The number of likely N-dealkylation sites (tertiary alicyclic amines) is 1. The number of amides is 1. The molecule has 0 bridgehead atoms. The van der Waals surface area contributed by atoms with Crippen LogP contribution < -0.4 is 0 Å². The Balaban J connectivity index is 2.17. The average Bonchev–Trinajstić information content (AvgIpc) is 2.91. The Morgan fingerprint density at radius 3 is 2.55 bits per heavy atom. The van der Waals surface area contributed by atoms with Crippen LogP contribution in [0, 0.1) is 0 Å². The van der Waals surface area contributed by atoms with E-state index >= 15 is 0 Å². The molecule has 1 aliphatic rings. The molecule has 1 amide bonds. The molecule has 0 radical (unpaired) electrons. The van der Waals surface area contributed by atoms with Gasteiger partial charge < -0.3 is 14.7 Å². The van der Waals surface area contributed by atoms with Crippen molar-refractivity contribution in [2.45, 2.75) is 31.4 Å². The molecule has 1 fully saturated rings. The van der Waals surface area contributed by atoms with Crippen molar-refractivity contribution in [3.05, 3.63) is 35.9 Å². The highest BCUT2D eigenvalue weighted by molar-refractivity contribution is 5.88. The Morgan fingerprint density at radius 1 is 1.35 bits per heavy atom. The molecule has 0 aromatic heterocycles. The molecule has 0 spiro atoms. The Labute approximate surface area is 118 Å². The number of carbonyl (C=O) groups is 2. The molecule has 0 aliphatic carbocycles. The second kappa shape index (κ2) is 6.05. The van der Waals surface area contributed by atoms with Gasteiger partial charge in [-0.2, -0.15) is 0 Å². The topological polar surface area (TPSA) is 66.8 Å². The van der Waals surface area contributed by atoms with Gasteiger partial charge in [-0.1, -0.05) is 30.3 Å². The minimum Gasteiger partial charge on any atom is -0.480 e. The van der Waals surface area contributed by atoms with Gasteiger partial charge >= 0.3 is 5.97 Å². The molecule has 5 nitrogen and oxygen atoms in total. The summed E-state index contributed by atoms with van der Waals surface area (Å²) in [6, 6.07) is 8.59. The molecular weight excluding hydrogens is 258 g/mol. The number of hydrogen-bond acceptors (Lipinski definition) is 3. The van der Waals surface area contributed by atoms with E-state index in [0.29, 0.717) is 13.0 Å². The third-order valence-electron chi connectivity index (χ3n) is 3.83. The Kier molecular flexibility index (Phi) is 4.39. The number of ether oxygens (including phenoxy) is 1. The molecule has 2 rings (SSSR count). The zero-order valence-electron chi connectivity index (χ0n) is 11.7. The summed E-state index contributed by atoms with van der Waals surface area (Å²) in [5, 5.41) is 9.25. The summed E-state index contributed by atoms with van der Waals surface area (Å²) in [4.78, 5) is 25.2. The van der Waals surface area contributed by atoms with Gasteiger partial charge in [-0.25, -0.2) is 4.79 Å². The molecule has 1 saturated heterocycles. The standard InChI is InChI=1S/C15H19NO4/c1-10(11-6-4-3-5-7-11)14(17)16-9-12(20-2)8-13(16)15(18)19/h3-7,10,12-13H,8-9H2,1-2H3,(H,18,19). The van der Waals surface area contributed by atoms with Gasteiger partial charge in [-0.05, 0) is 12.5 Å². The van der Waals surface area contributed by atoms with Gasteiger partial charge in [0.2, 0.25) is 5.91 Å². The van der Waals surface area contributed by atoms with Crippen LogP contribution in [0.5, 0.6) is 0 Å². The third-order valence-corrected chi connectivity index (χ3v) is 3.83. The second-order valence-electron chi connectivity index (χ2n) is 5.07. The van der Waals surface area contributed by atoms with E-state index in [4.69, 9.17) is 4.74 Å². The summed E-state index contributed by atoms with van der Waals surface area (Å²) in [7, 11) is 1.54. The van der Waals surface area contributed by atoms with Gasteiger partial charge in [0.25, 0.3) is 0 Å². The van der Waals surface area contributed by atoms with Crippen molar-refractivity contribution < 1.29 is 19.4 Å². The maximum absolute atomic E-state index is 12.5. The summed E-state index contributed by atoms with van der Waals surface area (Å²) in [6.45, 7) is 2.14. The van der Waals surface area contributed by atoms with Gasteiger partial charge in [0.15, 0.2) is 0 Å². The number of carboxylic acid groups (broad SMARTS) is 1. The van der Waals surface area contributed by atoms with Crippen molar-refractivity contribution in [2.24, 2.45) is 0 Å². The summed E-state index contributed by atoms with van der Waals surface area (Å²) >= 11 is 0. The quantitative estimate of drug-likeness (QED) is 0.905. The van der Waals surface area contributed by atoms with Crippen LogP contribution >= 0.6 is 0 Å². The molecule has 5 heteroatoms. The van der Waals surface area contributed by atoms with E-state index in [9.17, 15) is 14.7 Å². The SMILES string of the molecule is COC1CC(C(=O)O)N(C(=O)C(C)c2ccccc2)C1. The van der Waals surface area contributed by atoms with Crippen molar-refractivity contribution in [3.63, 3.8) is 0 Å². The minimum atomic E-state index is -0.974. The number of aliphatic carboxylic acids is 1. The van der Waals surface area contributed by atoms with E-state index in [1.54, 1.807) is 6.92 Å². The van der Waals surface area contributed by atoms with Crippen LogP contribution in [0.15, 0.2) is 30.3 Å². The number of rotatable bonds is 4. The Hall–Kier alpha value is -1.88. The maximum atomic E-state index is 12.5. The lowest BCUT2D eigenvalue weighted by atomic mass is 9.99. The largest absolute Gasteiger partial charge is 0.480 e. The number of nitrogens with zero attached hydrogens (tertiary/aromatic N) is 1. The van der Waals surface area contributed by atoms with Gasteiger partial charge in [0, 0.05) is 20.1 Å². The van der Waals surface area contributed by atoms with Crippen LogP contribution in [0.25, 0.3) is 0 Å². The summed E-state index contributed by atoms with van der Waals surface area (Å²) < 4.78 is 5.20. The van der Waals surface area contributed by atoms with Crippen LogP contribution in [-0.4, -0.2) is 47.7 Å². The molecule has 3 unspecified atom stereocenters. The molecule has 108 valence electrons. The number of carbonyl (C=O) groups excluding carboxylic acids is 1. The fourth-order valence-electron chi connectivity index (χ4n) is 2.58. The molecule has 3 atom stereocenters. The Morgan fingerprint density at radius 2 is 2.00 bits per heavy atom. The maximum Gasteiger partial charge on any atom is 0.326 e. The number of methoxy groups -OCH3 is 1. The van der Waals surface area contributed by atoms with E-state index < -0.39 is 12.0 Å². The van der Waals surface area contributed by atoms with Gasteiger partial charge in [-0.3, -0.25) is 4.79 Å². The lowest BCUT2D eigenvalue weighted by Crippen LogP contribution is -2.42. The molecule has 1 aliphatic heterocycles. The monoisotopic (exact) mass is 277 g/mol. The number of benzene rings is 1. The summed E-state index contributed by atoms with van der Waals surface area (Å²) in [6.07, 6.45) is 0.141. The molecule has 20 heavy (non-hydrogen) atoms. The van der Waals surface area contributed by atoms with Gasteiger partial charge in [0.05, 0.1) is 12.0 Å². The van der Waals surface area contributed by atoms with E-state index in [1.165, 1.54) is 12.0 Å². The van der Waals surface area contributed by atoms with Gasteiger partial charge in [0.1, 0.15) is 6.04 Å². The first kappa shape index (κ1) is 14.5. The van der Waals surface area contributed by atoms with Crippen molar-refractivity contribution in [1.29, 1.82) is 0 Å². The second-order valence-corrected chi connectivity index (χ2v) is 5.07. The normalized spacial score (nSPS) is 23.6. The van der Waals surface area contributed by atoms with Crippen LogP contribution in [0.2, 0.25) is 0 Å². The van der Waals surface area contributed by atoms with Crippen LogP contribution in [0.4, 0.5) is 0 Å². The average molecular weight is 277 g/mol. The van der Waals surface area contributed by atoms with Crippen LogP contribution in [-0.2, 0) is 14.3 Å². The van der Waals surface area contributed by atoms with Crippen molar-refractivity contribution in [2.75, 3.05) is 13.7 Å². The van der Waals surface area contributed by atoms with E-state index in [1.807, 2.05) is 30.3 Å². The molecule has 1 heterocycles.